The normalized spacial score (nSPS) is 18.6. The average molecular weight is 397 g/mol. The van der Waals surface area contributed by atoms with E-state index in [2.05, 4.69) is 30.5 Å². The van der Waals surface area contributed by atoms with Crippen LogP contribution in [-0.4, -0.2) is 41.2 Å². The molecule has 1 aromatic carbocycles. The molecule has 0 unspecified atom stereocenters. The molecule has 1 fully saturated rings. The van der Waals surface area contributed by atoms with Crippen molar-refractivity contribution in [3.05, 3.63) is 57.8 Å². The number of hydrogen-bond acceptors (Lipinski definition) is 3. The minimum atomic E-state index is -0.0484. The van der Waals surface area contributed by atoms with Crippen molar-refractivity contribution < 1.29 is 9.59 Å². The summed E-state index contributed by atoms with van der Waals surface area (Å²) in [6.45, 7) is 3.73. The fourth-order valence-electron chi connectivity index (χ4n) is 4.04. The predicted octanol–water partition coefficient (Wildman–Crippen LogP) is 4.26. The molecular weight excluding hydrogens is 368 g/mol. The molecule has 0 N–H and O–H groups in total. The Kier molecular flexibility index (Phi) is 5.81. The van der Waals surface area contributed by atoms with E-state index in [-0.39, 0.29) is 30.3 Å². The Morgan fingerprint density at radius 3 is 2.68 bits per heavy atom. The fourth-order valence-corrected chi connectivity index (χ4v) is 4.94. The second-order valence-electron chi connectivity index (χ2n) is 7.84. The minimum Gasteiger partial charge on any atom is -0.333 e. The number of carbonyl (C=O) groups excluding carboxylic acids is 2. The number of fused-ring (bicyclic) bond motifs is 1. The molecule has 0 radical (unpaired) electrons. The van der Waals surface area contributed by atoms with E-state index in [0.29, 0.717) is 13.1 Å². The highest BCUT2D eigenvalue weighted by Crippen LogP contribution is 2.38. The molecule has 28 heavy (non-hydrogen) atoms. The van der Waals surface area contributed by atoms with Crippen LogP contribution >= 0.6 is 11.3 Å². The molecule has 1 atom stereocenters. The molecule has 0 bridgehead atoms. The summed E-state index contributed by atoms with van der Waals surface area (Å²) in [6.07, 6.45) is 4.82. The lowest BCUT2D eigenvalue weighted by Gasteiger charge is -2.37. The molecule has 2 heterocycles. The highest BCUT2D eigenvalue weighted by atomic mass is 32.1. The Morgan fingerprint density at radius 1 is 1.18 bits per heavy atom. The standard InChI is InChI=1S/C23H28N2O2S/c1-2-3-13-24(23(27)18-9-10-18)16-21(26)25-14-11-20-19(12-15-28-20)22(25)17-7-5-4-6-8-17/h4-8,12,15,18,22H,2-3,9-11,13-14,16H2,1H3/t22-/m1/s1. The summed E-state index contributed by atoms with van der Waals surface area (Å²) in [5.41, 5.74) is 2.38. The van der Waals surface area contributed by atoms with Crippen molar-refractivity contribution in [3.8, 4) is 0 Å². The number of amides is 2. The second-order valence-corrected chi connectivity index (χ2v) is 8.84. The largest absolute Gasteiger partial charge is 0.333 e. The van der Waals surface area contributed by atoms with Gasteiger partial charge < -0.3 is 9.80 Å². The summed E-state index contributed by atoms with van der Waals surface area (Å²) >= 11 is 1.78. The maximum absolute atomic E-state index is 13.4. The summed E-state index contributed by atoms with van der Waals surface area (Å²) < 4.78 is 0. The van der Waals surface area contributed by atoms with Crippen molar-refractivity contribution in [2.24, 2.45) is 5.92 Å². The van der Waals surface area contributed by atoms with E-state index in [0.717, 1.165) is 37.7 Å². The lowest BCUT2D eigenvalue weighted by Crippen LogP contribution is -2.47. The van der Waals surface area contributed by atoms with Gasteiger partial charge in [0.15, 0.2) is 0 Å². The van der Waals surface area contributed by atoms with Crippen LogP contribution in [0, 0.1) is 5.92 Å². The summed E-state index contributed by atoms with van der Waals surface area (Å²) in [6, 6.07) is 12.4. The van der Waals surface area contributed by atoms with Crippen LogP contribution in [0.3, 0.4) is 0 Å². The second kappa shape index (κ2) is 8.48. The summed E-state index contributed by atoms with van der Waals surface area (Å²) in [5, 5.41) is 2.12. The summed E-state index contributed by atoms with van der Waals surface area (Å²) in [5.74, 6) is 0.390. The molecule has 0 spiro atoms. The Hall–Kier alpha value is -2.14. The monoisotopic (exact) mass is 396 g/mol. The number of nitrogens with zero attached hydrogens (tertiary/aromatic N) is 2. The van der Waals surface area contributed by atoms with Gasteiger partial charge in [-0.25, -0.2) is 0 Å². The van der Waals surface area contributed by atoms with Gasteiger partial charge in [-0.15, -0.1) is 11.3 Å². The summed E-state index contributed by atoms with van der Waals surface area (Å²) in [7, 11) is 0. The SMILES string of the molecule is CCCCN(CC(=O)N1CCc2sccc2[C@H]1c1ccccc1)C(=O)C1CC1. The van der Waals surface area contributed by atoms with E-state index in [1.165, 1.54) is 10.4 Å². The first-order valence-electron chi connectivity index (χ1n) is 10.4. The molecule has 4 nitrogen and oxygen atoms in total. The van der Waals surface area contributed by atoms with Crippen molar-refractivity contribution in [1.29, 1.82) is 0 Å². The third-order valence-electron chi connectivity index (χ3n) is 5.75. The van der Waals surface area contributed by atoms with Gasteiger partial charge >= 0.3 is 0 Å². The lowest BCUT2D eigenvalue weighted by molar-refractivity contribution is -0.142. The number of unbranched alkanes of at least 4 members (excludes halogenated alkanes) is 1. The van der Waals surface area contributed by atoms with E-state index >= 15 is 0 Å². The molecule has 5 heteroatoms. The van der Waals surface area contributed by atoms with Crippen molar-refractivity contribution in [2.45, 2.75) is 45.1 Å². The van der Waals surface area contributed by atoms with E-state index in [1.807, 2.05) is 28.0 Å². The quantitative estimate of drug-likeness (QED) is 0.702. The van der Waals surface area contributed by atoms with Crippen molar-refractivity contribution in [3.63, 3.8) is 0 Å². The summed E-state index contributed by atoms with van der Waals surface area (Å²) in [4.78, 5) is 31.2. The molecule has 2 amide bonds. The predicted molar refractivity (Wildman–Crippen MR) is 112 cm³/mol. The number of benzene rings is 1. The first-order chi connectivity index (χ1) is 13.7. The molecule has 1 aromatic heterocycles. The first-order valence-corrected chi connectivity index (χ1v) is 11.3. The van der Waals surface area contributed by atoms with Crippen LogP contribution in [0.25, 0.3) is 0 Å². The third-order valence-corrected chi connectivity index (χ3v) is 6.74. The Morgan fingerprint density at radius 2 is 1.96 bits per heavy atom. The molecule has 1 saturated carbocycles. The van der Waals surface area contributed by atoms with Gasteiger partial charge in [0, 0.05) is 23.9 Å². The zero-order valence-electron chi connectivity index (χ0n) is 16.5. The van der Waals surface area contributed by atoms with Crippen LogP contribution in [-0.2, 0) is 16.0 Å². The Balaban J connectivity index is 1.57. The van der Waals surface area contributed by atoms with E-state index in [9.17, 15) is 9.59 Å². The van der Waals surface area contributed by atoms with Gasteiger partial charge in [0.1, 0.15) is 0 Å². The van der Waals surface area contributed by atoms with Crippen LogP contribution in [0.2, 0.25) is 0 Å². The van der Waals surface area contributed by atoms with Gasteiger partial charge in [0.25, 0.3) is 0 Å². The first kappa shape index (κ1) is 19.2. The van der Waals surface area contributed by atoms with Crippen LogP contribution < -0.4 is 0 Å². The van der Waals surface area contributed by atoms with Crippen LogP contribution in [0.4, 0.5) is 0 Å². The topological polar surface area (TPSA) is 40.6 Å². The van der Waals surface area contributed by atoms with Gasteiger partial charge in [-0.2, -0.15) is 0 Å². The number of thiophene rings is 1. The van der Waals surface area contributed by atoms with Gasteiger partial charge in [-0.3, -0.25) is 9.59 Å². The molecule has 4 rings (SSSR count). The van der Waals surface area contributed by atoms with Crippen molar-refractivity contribution in [1.82, 2.24) is 9.80 Å². The zero-order valence-corrected chi connectivity index (χ0v) is 17.3. The average Bonchev–Trinajstić information content (AvgIpc) is 3.47. The molecule has 2 aliphatic rings. The van der Waals surface area contributed by atoms with Crippen LogP contribution in [0.15, 0.2) is 41.8 Å². The minimum absolute atomic E-state index is 0.0484. The molecule has 1 aliphatic carbocycles. The molecule has 1 aliphatic heterocycles. The van der Waals surface area contributed by atoms with Crippen LogP contribution in [0.1, 0.15) is 54.7 Å². The van der Waals surface area contributed by atoms with Gasteiger partial charge in [-0.05, 0) is 48.3 Å². The Bertz CT molecular complexity index is 828. The highest BCUT2D eigenvalue weighted by molar-refractivity contribution is 7.10. The van der Waals surface area contributed by atoms with Gasteiger partial charge in [-0.1, -0.05) is 43.7 Å². The smallest absolute Gasteiger partial charge is 0.242 e. The number of carbonyl (C=O) groups is 2. The van der Waals surface area contributed by atoms with E-state index in [4.69, 9.17) is 0 Å². The Labute approximate surface area is 171 Å². The van der Waals surface area contributed by atoms with Crippen LogP contribution in [0.5, 0.6) is 0 Å². The van der Waals surface area contributed by atoms with E-state index < -0.39 is 0 Å². The van der Waals surface area contributed by atoms with E-state index in [1.54, 1.807) is 11.3 Å². The molecule has 0 saturated heterocycles. The van der Waals surface area contributed by atoms with Gasteiger partial charge in [0.05, 0.1) is 12.6 Å². The molecule has 148 valence electrons. The third kappa shape index (κ3) is 4.00. The lowest BCUT2D eigenvalue weighted by atomic mass is 9.93. The fraction of sp³-hybridized carbons (Fsp3) is 0.478. The highest BCUT2D eigenvalue weighted by Gasteiger charge is 2.37. The number of rotatable bonds is 7. The molecular formula is C23H28N2O2S. The van der Waals surface area contributed by atoms with Crippen molar-refractivity contribution in [2.75, 3.05) is 19.6 Å². The van der Waals surface area contributed by atoms with Gasteiger partial charge in [0.2, 0.25) is 11.8 Å². The van der Waals surface area contributed by atoms with Crippen molar-refractivity contribution >= 4 is 23.2 Å². The zero-order chi connectivity index (χ0) is 19.5. The number of hydrogen-bond donors (Lipinski definition) is 0. The molecule has 2 aromatic rings. The maximum Gasteiger partial charge on any atom is 0.242 e. The maximum atomic E-state index is 13.4.